The summed E-state index contributed by atoms with van der Waals surface area (Å²) in [5.74, 6) is 1.19. The van der Waals surface area contributed by atoms with E-state index in [-0.39, 0.29) is 17.9 Å². The molecular weight excluding hydrogens is 565 g/mol. The molecule has 4 rings (SSSR count). The summed E-state index contributed by atoms with van der Waals surface area (Å²) in [5, 5.41) is 6.56. The molecule has 2 amide bonds. The highest BCUT2D eigenvalue weighted by Gasteiger charge is 2.23. The number of nitrogens with zero attached hydrogens (tertiary/aromatic N) is 6. The number of benzene rings is 1. The van der Waals surface area contributed by atoms with Crippen molar-refractivity contribution in [3.05, 3.63) is 40.4 Å². The molecule has 0 radical (unpaired) electrons. The number of rotatable bonds is 10. The number of amides is 2. The Hall–Kier alpha value is -4.04. The zero-order valence-electron chi connectivity index (χ0n) is 22.1. The van der Waals surface area contributed by atoms with E-state index < -0.39 is 17.8 Å². The number of ether oxygens (including phenoxy) is 3. The molecule has 0 bridgehead atoms. The van der Waals surface area contributed by atoms with Gasteiger partial charge >= 0.3 is 12.2 Å². The van der Waals surface area contributed by atoms with Gasteiger partial charge in [0.15, 0.2) is 11.2 Å². The maximum atomic E-state index is 12.1. The number of aromatic nitrogens is 4. The molecular formula is C24H29Cl2N9O5. The fourth-order valence-electron chi connectivity index (χ4n) is 3.79. The van der Waals surface area contributed by atoms with Crippen molar-refractivity contribution in [3.63, 3.8) is 0 Å². The van der Waals surface area contributed by atoms with Gasteiger partial charge in [0.05, 0.1) is 29.5 Å². The van der Waals surface area contributed by atoms with Crippen LogP contribution in [0, 0.1) is 0 Å². The molecule has 0 fully saturated rings. The van der Waals surface area contributed by atoms with E-state index in [4.69, 9.17) is 43.1 Å². The SMILES string of the molecule is CC(C)(C)OC(=O)NN1CNN=C1CCCCOc1ccc(Cl)c(Cl)c1Cn1cnc2c(OC(N)=O)ncnc21. The van der Waals surface area contributed by atoms with E-state index >= 15 is 0 Å². The molecule has 14 nitrogen and oxygen atoms in total. The molecule has 16 heteroatoms. The number of hydrazine groups is 1. The predicted molar refractivity (Wildman–Crippen MR) is 147 cm³/mol. The first-order valence-corrected chi connectivity index (χ1v) is 13.1. The molecule has 0 atom stereocenters. The Morgan fingerprint density at radius 1 is 1.18 bits per heavy atom. The van der Waals surface area contributed by atoms with Gasteiger partial charge in [0.25, 0.3) is 5.88 Å². The molecule has 0 unspecified atom stereocenters. The van der Waals surface area contributed by atoms with E-state index in [0.717, 1.165) is 6.42 Å². The predicted octanol–water partition coefficient (Wildman–Crippen LogP) is 3.80. The number of amidine groups is 1. The quantitative estimate of drug-likeness (QED) is 0.293. The van der Waals surface area contributed by atoms with Gasteiger partial charge < -0.3 is 24.5 Å². The van der Waals surface area contributed by atoms with Crippen LogP contribution in [0.2, 0.25) is 10.0 Å². The van der Waals surface area contributed by atoms with Crippen molar-refractivity contribution in [1.29, 1.82) is 0 Å². The minimum Gasteiger partial charge on any atom is -0.493 e. The van der Waals surface area contributed by atoms with E-state index in [1.165, 1.54) is 12.7 Å². The fraction of sp³-hybridized carbons (Fsp3) is 0.417. The Kier molecular flexibility index (Phi) is 9.00. The van der Waals surface area contributed by atoms with Crippen LogP contribution in [0.1, 0.15) is 45.6 Å². The Labute approximate surface area is 239 Å². The lowest BCUT2D eigenvalue weighted by Gasteiger charge is -2.24. The van der Waals surface area contributed by atoms with E-state index in [1.54, 1.807) is 42.5 Å². The molecule has 4 N–H and O–H groups in total. The highest BCUT2D eigenvalue weighted by molar-refractivity contribution is 6.42. The van der Waals surface area contributed by atoms with Gasteiger partial charge in [-0.05, 0) is 45.7 Å². The van der Waals surface area contributed by atoms with Crippen LogP contribution in [0.15, 0.2) is 29.9 Å². The first-order chi connectivity index (χ1) is 19.0. The fourth-order valence-corrected chi connectivity index (χ4v) is 4.19. The van der Waals surface area contributed by atoms with Crippen molar-refractivity contribution in [1.82, 2.24) is 35.4 Å². The number of hydrazone groups is 1. The first-order valence-electron chi connectivity index (χ1n) is 12.3. The van der Waals surface area contributed by atoms with Gasteiger partial charge in [0, 0.05) is 12.0 Å². The summed E-state index contributed by atoms with van der Waals surface area (Å²) in [5.41, 5.74) is 11.4. The number of fused-ring (bicyclic) bond motifs is 1. The summed E-state index contributed by atoms with van der Waals surface area (Å²) in [6.45, 7) is 6.37. The third kappa shape index (κ3) is 7.33. The molecule has 1 aliphatic rings. The van der Waals surface area contributed by atoms with Gasteiger partial charge in [0.2, 0.25) is 0 Å². The Bertz CT molecular complexity index is 1420. The molecule has 3 aromatic rings. The van der Waals surface area contributed by atoms with Crippen molar-refractivity contribution < 1.29 is 23.8 Å². The number of halogens is 2. The van der Waals surface area contributed by atoms with E-state index in [9.17, 15) is 9.59 Å². The van der Waals surface area contributed by atoms with Crippen LogP contribution in [0.4, 0.5) is 9.59 Å². The lowest BCUT2D eigenvalue weighted by atomic mass is 10.2. The summed E-state index contributed by atoms with van der Waals surface area (Å²) in [7, 11) is 0. The maximum Gasteiger partial charge on any atom is 0.426 e. The lowest BCUT2D eigenvalue weighted by molar-refractivity contribution is 0.0417. The van der Waals surface area contributed by atoms with Gasteiger partial charge in [0.1, 0.15) is 30.2 Å². The van der Waals surface area contributed by atoms with Crippen LogP contribution >= 0.6 is 23.2 Å². The average molecular weight is 594 g/mol. The van der Waals surface area contributed by atoms with Crippen LogP contribution in [-0.4, -0.2) is 61.4 Å². The minimum absolute atomic E-state index is 0.0492. The van der Waals surface area contributed by atoms with Gasteiger partial charge in [-0.15, -0.1) is 0 Å². The number of unbranched alkanes of at least 4 members (excludes halogenated alkanes) is 1. The topological polar surface area (TPSA) is 171 Å². The number of nitrogens with one attached hydrogen (secondary N) is 2. The number of hydrogen-bond acceptors (Lipinski definition) is 11. The number of carbonyl (C=O) groups excluding carboxylic acids is 2. The third-order valence-electron chi connectivity index (χ3n) is 5.47. The molecule has 0 saturated carbocycles. The van der Waals surface area contributed by atoms with Crippen molar-refractivity contribution in [3.8, 4) is 11.6 Å². The molecule has 40 heavy (non-hydrogen) atoms. The Morgan fingerprint density at radius 3 is 2.73 bits per heavy atom. The summed E-state index contributed by atoms with van der Waals surface area (Å²) in [4.78, 5) is 35.7. The van der Waals surface area contributed by atoms with E-state index in [0.29, 0.717) is 59.0 Å². The normalized spacial score (nSPS) is 13.1. The minimum atomic E-state index is -1.01. The average Bonchev–Trinajstić information content (AvgIpc) is 3.48. The van der Waals surface area contributed by atoms with Crippen LogP contribution in [0.25, 0.3) is 11.2 Å². The first kappa shape index (κ1) is 29.0. The standard InChI is InChI=1S/C24H29Cl2N9O5/c1-24(2,3)40-23(37)33-35-13-31-32-17(35)6-4-5-9-38-16-8-7-15(25)18(26)14(16)10-34-12-30-19-20(34)28-11-29-21(19)39-22(27)36/h7-8,11-12,31H,4-6,9-10,13H2,1-3H3,(H2,27,36)(H,33,37). The van der Waals surface area contributed by atoms with Crippen LogP contribution in [0.3, 0.4) is 0 Å². The van der Waals surface area contributed by atoms with Gasteiger partial charge in [-0.1, -0.05) is 23.2 Å². The number of imidazole rings is 1. The Morgan fingerprint density at radius 2 is 1.98 bits per heavy atom. The highest BCUT2D eigenvalue weighted by Crippen LogP contribution is 2.34. The molecule has 2 aromatic heterocycles. The lowest BCUT2D eigenvalue weighted by Crippen LogP contribution is -2.47. The molecule has 1 aliphatic heterocycles. The monoisotopic (exact) mass is 593 g/mol. The number of nitrogens with two attached hydrogens (primary N) is 1. The van der Waals surface area contributed by atoms with Crippen LogP contribution < -0.4 is 26.1 Å². The number of hydrogen-bond donors (Lipinski definition) is 3. The van der Waals surface area contributed by atoms with Crippen molar-refractivity contribution in [2.75, 3.05) is 13.3 Å². The van der Waals surface area contributed by atoms with Gasteiger partial charge in [-0.25, -0.2) is 30.0 Å². The maximum absolute atomic E-state index is 12.1. The van der Waals surface area contributed by atoms with Gasteiger partial charge in [-0.3, -0.25) is 5.43 Å². The van der Waals surface area contributed by atoms with Crippen LogP contribution in [-0.2, 0) is 11.3 Å². The van der Waals surface area contributed by atoms with Crippen LogP contribution in [0.5, 0.6) is 11.6 Å². The van der Waals surface area contributed by atoms with E-state index in [2.05, 4.69) is 30.9 Å². The summed E-state index contributed by atoms with van der Waals surface area (Å²) in [6.07, 6.45) is 3.26. The molecule has 214 valence electrons. The summed E-state index contributed by atoms with van der Waals surface area (Å²) < 4.78 is 18.0. The van der Waals surface area contributed by atoms with Gasteiger partial charge in [-0.2, -0.15) is 10.1 Å². The largest absolute Gasteiger partial charge is 0.493 e. The zero-order valence-corrected chi connectivity index (χ0v) is 23.6. The molecule has 0 aliphatic carbocycles. The number of carbonyl (C=O) groups is 2. The highest BCUT2D eigenvalue weighted by atomic mass is 35.5. The Balaban J connectivity index is 1.36. The second-order valence-electron chi connectivity index (χ2n) is 9.67. The second-order valence-corrected chi connectivity index (χ2v) is 10.5. The molecule has 0 spiro atoms. The van der Waals surface area contributed by atoms with Crippen molar-refractivity contribution in [2.45, 2.75) is 52.2 Å². The van der Waals surface area contributed by atoms with E-state index in [1.807, 2.05) is 0 Å². The van der Waals surface area contributed by atoms with Crippen molar-refractivity contribution in [2.24, 2.45) is 10.8 Å². The smallest absolute Gasteiger partial charge is 0.426 e. The summed E-state index contributed by atoms with van der Waals surface area (Å²) >= 11 is 12.8. The molecule has 0 saturated heterocycles. The third-order valence-corrected chi connectivity index (χ3v) is 6.32. The molecule has 1 aromatic carbocycles. The number of primary amides is 1. The second kappa shape index (κ2) is 12.4. The summed E-state index contributed by atoms with van der Waals surface area (Å²) in [6, 6.07) is 3.41. The van der Waals surface area contributed by atoms with Crippen molar-refractivity contribution >= 4 is 52.4 Å². The molecule has 3 heterocycles. The zero-order chi connectivity index (χ0) is 28.9.